The summed E-state index contributed by atoms with van der Waals surface area (Å²) in [5.74, 6) is -0.855. The molecule has 480 valence electrons. The molecular formula is C77H136O6. The van der Waals surface area contributed by atoms with E-state index in [0.29, 0.717) is 19.3 Å². The van der Waals surface area contributed by atoms with Gasteiger partial charge >= 0.3 is 17.9 Å². The zero-order valence-electron chi connectivity index (χ0n) is 55.2. The van der Waals surface area contributed by atoms with E-state index in [0.717, 1.165) is 96.3 Å². The third-order valence-electron chi connectivity index (χ3n) is 15.9. The Hall–Kier alpha value is -3.41. The Morgan fingerprint density at radius 3 is 0.747 bits per heavy atom. The zero-order valence-corrected chi connectivity index (χ0v) is 55.2. The van der Waals surface area contributed by atoms with Crippen LogP contribution in [0.5, 0.6) is 0 Å². The molecule has 0 aliphatic carbocycles. The van der Waals surface area contributed by atoms with Crippen LogP contribution in [0.25, 0.3) is 0 Å². The third kappa shape index (κ3) is 69.3. The Kier molecular flexibility index (Phi) is 68.2. The van der Waals surface area contributed by atoms with Gasteiger partial charge in [0.15, 0.2) is 6.10 Å². The normalized spacial score (nSPS) is 12.6. The lowest BCUT2D eigenvalue weighted by Crippen LogP contribution is -2.30. The molecule has 0 aromatic heterocycles. The van der Waals surface area contributed by atoms with Crippen molar-refractivity contribution >= 4 is 17.9 Å². The molecule has 0 saturated heterocycles. The maximum atomic E-state index is 12.9. The van der Waals surface area contributed by atoms with Gasteiger partial charge in [-0.15, -0.1) is 0 Å². The van der Waals surface area contributed by atoms with Gasteiger partial charge in [0.1, 0.15) is 13.2 Å². The number of carbonyl (C=O) groups is 3. The molecule has 6 nitrogen and oxygen atoms in total. The number of rotatable bonds is 66. The first-order valence-electron chi connectivity index (χ1n) is 36.1. The second-order valence-electron chi connectivity index (χ2n) is 24.1. The van der Waals surface area contributed by atoms with Crippen LogP contribution in [-0.4, -0.2) is 37.2 Å². The van der Waals surface area contributed by atoms with Crippen molar-refractivity contribution in [2.24, 2.45) is 0 Å². The summed E-state index contributed by atoms with van der Waals surface area (Å²) in [5.41, 5.74) is 0. The lowest BCUT2D eigenvalue weighted by Gasteiger charge is -2.18. The van der Waals surface area contributed by atoms with Crippen molar-refractivity contribution in [1.82, 2.24) is 0 Å². The number of hydrogen-bond acceptors (Lipinski definition) is 6. The second-order valence-corrected chi connectivity index (χ2v) is 24.1. The Bertz CT molecular complexity index is 1570. The molecule has 0 aliphatic rings. The maximum absolute atomic E-state index is 12.9. The molecule has 0 amide bonds. The van der Waals surface area contributed by atoms with Crippen molar-refractivity contribution in [3.8, 4) is 0 Å². The van der Waals surface area contributed by atoms with E-state index in [4.69, 9.17) is 14.2 Å². The van der Waals surface area contributed by atoms with Crippen molar-refractivity contribution in [3.63, 3.8) is 0 Å². The lowest BCUT2D eigenvalue weighted by atomic mass is 10.0. The van der Waals surface area contributed by atoms with Gasteiger partial charge in [-0.3, -0.25) is 14.4 Å². The predicted molar refractivity (Wildman–Crippen MR) is 362 cm³/mol. The Labute approximate surface area is 515 Å². The van der Waals surface area contributed by atoms with E-state index >= 15 is 0 Å². The van der Waals surface area contributed by atoms with Crippen molar-refractivity contribution in [3.05, 3.63) is 85.1 Å². The van der Waals surface area contributed by atoms with Crippen LogP contribution < -0.4 is 0 Å². The maximum Gasteiger partial charge on any atom is 0.306 e. The van der Waals surface area contributed by atoms with E-state index in [2.05, 4.69) is 106 Å². The van der Waals surface area contributed by atoms with E-state index in [9.17, 15) is 14.4 Å². The minimum Gasteiger partial charge on any atom is -0.462 e. The molecule has 1 unspecified atom stereocenters. The molecule has 0 fully saturated rings. The molecular weight excluding hydrogens is 1020 g/mol. The molecule has 0 spiro atoms. The smallest absolute Gasteiger partial charge is 0.306 e. The molecule has 1 atom stereocenters. The van der Waals surface area contributed by atoms with E-state index in [1.54, 1.807) is 0 Å². The van der Waals surface area contributed by atoms with Crippen molar-refractivity contribution in [1.29, 1.82) is 0 Å². The van der Waals surface area contributed by atoms with E-state index in [1.165, 1.54) is 231 Å². The number of esters is 3. The summed E-state index contributed by atoms with van der Waals surface area (Å²) in [4.78, 5) is 38.4. The van der Waals surface area contributed by atoms with Gasteiger partial charge in [-0.25, -0.2) is 0 Å². The highest BCUT2D eigenvalue weighted by Crippen LogP contribution is 2.18. The minimum atomic E-state index is -0.777. The summed E-state index contributed by atoms with van der Waals surface area (Å²) in [6, 6.07) is 0. The average Bonchev–Trinajstić information content (AvgIpc) is 3.49. The number of unbranched alkanes of at least 4 members (excludes halogenated alkanes) is 41. The van der Waals surface area contributed by atoms with Crippen molar-refractivity contribution in [2.45, 2.75) is 374 Å². The molecule has 0 rings (SSSR count). The average molecular weight is 1160 g/mol. The zero-order chi connectivity index (χ0) is 59.9. The summed E-state index contributed by atoms with van der Waals surface area (Å²) < 4.78 is 17.0. The van der Waals surface area contributed by atoms with Crippen molar-refractivity contribution in [2.75, 3.05) is 13.2 Å². The summed E-state index contributed by atoms with van der Waals surface area (Å²) >= 11 is 0. The van der Waals surface area contributed by atoms with Crippen LogP contribution in [0.15, 0.2) is 85.1 Å². The Morgan fingerprint density at radius 1 is 0.253 bits per heavy atom. The van der Waals surface area contributed by atoms with Crippen LogP contribution in [0, 0.1) is 0 Å². The second kappa shape index (κ2) is 71.1. The van der Waals surface area contributed by atoms with Crippen LogP contribution in [0.4, 0.5) is 0 Å². The number of carbonyl (C=O) groups excluding carboxylic acids is 3. The fourth-order valence-electron chi connectivity index (χ4n) is 10.5. The molecule has 0 N–H and O–H groups in total. The predicted octanol–water partition coefficient (Wildman–Crippen LogP) is 25.0. The van der Waals surface area contributed by atoms with E-state index in [-0.39, 0.29) is 31.1 Å². The van der Waals surface area contributed by atoms with Gasteiger partial charge in [0, 0.05) is 19.3 Å². The Balaban J connectivity index is 4.21. The molecule has 0 heterocycles. The topological polar surface area (TPSA) is 78.9 Å². The summed E-state index contributed by atoms with van der Waals surface area (Å²) in [6.07, 6.45) is 94.7. The van der Waals surface area contributed by atoms with Crippen LogP contribution in [-0.2, 0) is 28.6 Å². The van der Waals surface area contributed by atoms with Crippen LogP contribution in [0.2, 0.25) is 0 Å². The molecule has 0 bridgehead atoms. The number of allylic oxidation sites excluding steroid dienone is 14. The van der Waals surface area contributed by atoms with Gasteiger partial charge in [-0.1, -0.05) is 337 Å². The van der Waals surface area contributed by atoms with Gasteiger partial charge in [-0.2, -0.15) is 0 Å². The molecule has 6 heteroatoms. The summed E-state index contributed by atoms with van der Waals surface area (Å²) in [6.45, 7) is 6.57. The van der Waals surface area contributed by atoms with Gasteiger partial charge in [-0.05, 0) is 96.3 Å². The van der Waals surface area contributed by atoms with Crippen molar-refractivity contribution < 1.29 is 28.6 Å². The molecule has 0 radical (unpaired) electrons. The lowest BCUT2D eigenvalue weighted by molar-refractivity contribution is -0.167. The molecule has 0 aromatic rings. The SMILES string of the molecule is CC/C=C\C/C=C\C/C=C\C/C=C\C/C=C\C/C=C\CCCCCCCCCCCCCCCCC(=O)OCC(COC(=O)CCCCCCCCCCCCCCCC)OC(=O)CCCCCCCCC/C=C\CCCCCCCCC. The standard InChI is InChI=1S/C77H136O6/c1-4-7-10-13-16-19-22-25-28-30-32-33-34-35-36-37-38-39-40-41-42-43-44-45-46-48-49-52-55-58-61-64-67-70-76(79)82-73-74(72-81-75(78)69-66-63-60-57-54-51-27-24-21-18-15-12-9-6-3)83-77(80)71-68-65-62-59-56-53-50-47-31-29-26-23-20-17-14-11-8-5-2/h7,10,16,19,25,28-29,31-33,35-36,38-39,74H,4-6,8-9,11-15,17-18,20-24,26-27,30,34,37,40-73H2,1-3H3/b10-7-,19-16-,28-25-,31-29-,33-32-,36-35-,39-38-. The van der Waals surface area contributed by atoms with E-state index < -0.39 is 6.10 Å². The highest BCUT2D eigenvalue weighted by molar-refractivity contribution is 5.71. The van der Waals surface area contributed by atoms with Gasteiger partial charge < -0.3 is 14.2 Å². The van der Waals surface area contributed by atoms with Crippen LogP contribution >= 0.6 is 0 Å². The first kappa shape index (κ1) is 79.6. The summed E-state index contributed by atoms with van der Waals surface area (Å²) in [7, 11) is 0. The quantitative estimate of drug-likeness (QED) is 0.0261. The number of ether oxygens (including phenoxy) is 3. The fraction of sp³-hybridized carbons (Fsp3) is 0.779. The monoisotopic (exact) mass is 1160 g/mol. The highest BCUT2D eigenvalue weighted by Gasteiger charge is 2.19. The summed E-state index contributed by atoms with van der Waals surface area (Å²) in [5, 5.41) is 0. The van der Waals surface area contributed by atoms with Gasteiger partial charge in [0.2, 0.25) is 0 Å². The molecule has 0 aromatic carbocycles. The van der Waals surface area contributed by atoms with Crippen LogP contribution in [0.1, 0.15) is 367 Å². The van der Waals surface area contributed by atoms with Crippen LogP contribution in [0.3, 0.4) is 0 Å². The van der Waals surface area contributed by atoms with Gasteiger partial charge in [0.25, 0.3) is 0 Å². The van der Waals surface area contributed by atoms with E-state index in [1.807, 2.05) is 0 Å². The third-order valence-corrected chi connectivity index (χ3v) is 15.9. The Morgan fingerprint density at radius 2 is 0.470 bits per heavy atom. The molecule has 83 heavy (non-hydrogen) atoms. The largest absolute Gasteiger partial charge is 0.462 e. The first-order chi connectivity index (χ1) is 41.0. The minimum absolute atomic E-state index is 0.0723. The fourth-order valence-corrected chi connectivity index (χ4v) is 10.5. The molecule has 0 aliphatic heterocycles. The van der Waals surface area contributed by atoms with Gasteiger partial charge in [0.05, 0.1) is 0 Å². The molecule has 0 saturated carbocycles. The first-order valence-corrected chi connectivity index (χ1v) is 36.1. The highest BCUT2D eigenvalue weighted by atomic mass is 16.6. The number of hydrogen-bond donors (Lipinski definition) is 0.